The van der Waals surface area contributed by atoms with E-state index in [1.807, 2.05) is 0 Å². The number of carbonyl (C=O) groups is 2. The molecule has 0 saturated heterocycles. The molecule has 168 valence electrons. The van der Waals surface area contributed by atoms with Crippen molar-refractivity contribution in [2.45, 2.75) is 32.6 Å². The summed E-state index contributed by atoms with van der Waals surface area (Å²) in [6.07, 6.45) is 0. The van der Waals surface area contributed by atoms with Gasteiger partial charge in [-0.05, 0) is 43.3 Å². The van der Waals surface area contributed by atoms with Crippen molar-refractivity contribution >= 4 is 38.9 Å². The number of carbonyl (C=O) groups excluding carboxylic acids is 2. The van der Waals surface area contributed by atoms with Crippen LogP contribution in [0.4, 0.5) is 17.1 Å². The molecule has 0 atom stereocenters. The van der Waals surface area contributed by atoms with Crippen LogP contribution in [0, 0.1) is 12.3 Å². The summed E-state index contributed by atoms with van der Waals surface area (Å²) in [5.41, 5.74) is 0.421. The summed E-state index contributed by atoms with van der Waals surface area (Å²) >= 11 is 0. The van der Waals surface area contributed by atoms with E-state index in [0.717, 1.165) is 0 Å². The minimum Gasteiger partial charge on any atom is -0.361 e. The van der Waals surface area contributed by atoms with Gasteiger partial charge in [-0.2, -0.15) is 0 Å². The van der Waals surface area contributed by atoms with Crippen LogP contribution in [0.5, 0.6) is 0 Å². The maximum Gasteiger partial charge on any atom is 0.277 e. The molecule has 2 amide bonds. The van der Waals surface area contributed by atoms with E-state index in [9.17, 15) is 18.0 Å². The van der Waals surface area contributed by atoms with Crippen molar-refractivity contribution in [2.75, 3.05) is 15.4 Å². The van der Waals surface area contributed by atoms with E-state index >= 15 is 0 Å². The van der Waals surface area contributed by atoms with Crippen LogP contribution >= 0.6 is 0 Å². The summed E-state index contributed by atoms with van der Waals surface area (Å²) in [5, 5.41) is 8.96. The summed E-state index contributed by atoms with van der Waals surface area (Å²) < 4.78 is 33.3. The smallest absolute Gasteiger partial charge is 0.277 e. The van der Waals surface area contributed by atoms with E-state index < -0.39 is 21.3 Å². The average molecular weight is 457 g/mol. The maximum absolute atomic E-state index is 13.0. The quantitative estimate of drug-likeness (QED) is 0.513. The monoisotopic (exact) mass is 456 g/mol. The average Bonchev–Trinajstić information content (AvgIpc) is 3.15. The Labute approximate surface area is 186 Å². The molecule has 0 fully saturated rings. The maximum atomic E-state index is 13.0. The predicted octanol–water partition coefficient (Wildman–Crippen LogP) is 4.02. The highest BCUT2D eigenvalue weighted by molar-refractivity contribution is 7.92. The normalized spacial score (nSPS) is 11.6. The zero-order valence-corrected chi connectivity index (χ0v) is 18.9. The highest BCUT2D eigenvalue weighted by Gasteiger charge is 2.22. The Bertz CT molecular complexity index is 1240. The molecule has 1 heterocycles. The minimum atomic E-state index is -4.02. The van der Waals surface area contributed by atoms with Gasteiger partial charge in [0.15, 0.2) is 5.69 Å². The highest BCUT2D eigenvalue weighted by Crippen LogP contribution is 2.25. The Morgan fingerprint density at radius 2 is 1.56 bits per heavy atom. The molecule has 0 radical (unpaired) electrons. The minimum absolute atomic E-state index is 0.0375. The fourth-order valence-electron chi connectivity index (χ4n) is 2.61. The van der Waals surface area contributed by atoms with Crippen molar-refractivity contribution in [3.63, 3.8) is 0 Å². The Morgan fingerprint density at radius 1 is 0.938 bits per heavy atom. The zero-order chi connectivity index (χ0) is 23.5. The summed E-state index contributed by atoms with van der Waals surface area (Å²) in [5.74, 6) is -0.291. The molecule has 2 aromatic carbocycles. The second-order valence-electron chi connectivity index (χ2n) is 8.16. The third-order valence-corrected chi connectivity index (χ3v) is 5.80. The third-order valence-electron chi connectivity index (χ3n) is 4.36. The lowest BCUT2D eigenvalue weighted by Gasteiger charge is -2.18. The first-order chi connectivity index (χ1) is 15.0. The summed E-state index contributed by atoms with van der Waals surface area (Å²) in [4.78, 5) is 24.4. The van der Waals surface area contributed by atoms with Gasteiger partial charge >= 0.3 is 0 Å². The SMILES string of the molecule is Cc1cc(C(=O)Nc2ccccc2S(=O)(=O)Nc2ccc(NC(=O)C(C)(C)C)cc2)no1. The van der Waals surface area contributed by atoms with Gasteiger partial charge in [-0.15, -0.1) is 0 Å². The van der Waals surface area contributed by atoms with Gasteiger partial charge in [-0.3, -0.25) is 14.3 Å². The molecular weight excluding hydrogens is 432 g/mol. The van der Waals surface area contributed by atoms with Crippen LogP contribution < -0.4 is 15.4 Å². The fraction of sp³-hybridized carbons (Fsp3) is 0.227. The number of hydrogen-bond acceptors (Lipinski definition) is 6. The Morgan fingerprint density at radius 3 is 2.16 bits per heavy atom. The number of nitrogens with zero attached hydrogens (tertiary/aromatic N) is 1. The van der Waals surface area contributed by atoms with Gasteiger partial charge in [0, 0.05) is 22.9 Å². The number of aryl methyl sites for hydroxylation is 1. The van der Waals surface area contributed by atoms with E-state index in [4.69, 9.17) is 4.52 Å². The van der Waals surface area contributed by atoms with Gasteiger partial charge < -0.3 is 15.2 Å². The molecule has 32 heavy (non-hydrogen) atoms. The summed E-state index contributed by atoms with van der Waals surface area (Å²) in [6.45, 7) is 7.03. The fourth-order valence-corrected chi connectivity index (χ4v) is 3.84. The van der Waals surface area contributed by atoms with Crippen molar-refractivity contribution in [1.82, 2.24) is 5.16 Å². The van der Waals surface area contributed by atoms with Crippen LogP contribution in [0.2, 0.25) is 0 Å². The van der Waals surface area contributed by atoms with E-state index in [0.29, 0.717) is 17.1 Å². The standard InChI is InChI=1S/C22H24N4O5S/c1-14-13-18(25-31-14)20(27)24-17-7-5-6-8-19(17)32(29,30)26-16-11-9-15(10-12-16)23-21(28)22(2,3)4/h5-13,26H,1-4H3,(H,23,28)(H,24,27). The van der Waals surface area contributed by atoms with Gasteiger partial charge in [0.25, 0.3) is 15.9 Å². The number of anilines is 3. The molecule has 0 aliphatic rings. The first-order valence-electron chi connectivity index (χ1n) is 9.74. The lowest BCUT2D eigenvalue weighted by molar-refractivity contribution is -0.123. The van der Waals surface area contributed by atoms with E-state index in [1.165, 1.54) is 30.3 Å². The van der Waals surface area contributed by atoms with E-state index in [-0.39, 0.29) is 22.2 Å². The Balaban J connectivity index is 1.77. The van der Waals surface area contributed by atoms with Crippen LogP contribution in [0.1, 0.15) is 37.0 Å². The van der Waals surface area contributed by atoms with Crippen molar-refractivity contribution in [3.05, 3.63) is 66.1 Å². The third kappa shape index (κ3) is 5.52. The number of nitrogens with one attached hydrogen (secondary N) is 3. The summed E-state index contributed by atoms with van der Waals surface area (Å²) in [7, 11) is -4.02. The van der Waals surface area contributed by atoms with Crippen molar-refractivity contribution in [1.29, 1.82) is 0 Å². The number of aromatic nitrogens is 1. The predicted molar refractivity (Wildman–Crippen MR) is 121 cm³/mol. The molecule has 3 rings (SSSR count). The zero-order valence-electron chi connectivity index (χ0n) is 18.1. The van der Waals surface area contributed by atoms with E-state index in [1.54, 1.807) is 52.0 Å². The number of sulfonamides is 1. The lowest BCUT2D eigenvalue weighted by Crippen LogP contribution is -2.27. The lowest BCUT2D eigenvalue weighted by atomic mass is 9.95. The second kappa shape index (κ2) is 8.83. The van der Waals surface area contributed by atoms with Crippen LogP contribution in [0.3, 0.4) is 0 Å². The highest BCUT2D eigenvalue weighted by atomic mass is 32.2. The van der Waals surface area contributed by atoms with Gasteiger partial charge in [-0.1, -0.05) is 38.1 Å². The largest absolute Gasteiger partial charge is 0.361 e. The van der Waals surface area contributed by atoms with Crippen LogP contribution in [-0.4, -0.2) is 25.4 Å². The molecule has 10 heteroatoms. The molecule has 0 spiro atoms. The Kier molecular flexibility index (Phi) is 6.35. The molecule has 0 aliphatic heterocycles. The molecule has 0 unspecified atom stereocenters. The topological polar surface area (TPSA) is 130 Å². The number of amides is 2. The van der Waals surface area contributed by atoms with E-state index in [2.05, 4.69) is 20.5 Å². The van der Waals surface area contributed by atoms with Crippen molar-refractivity contribution in [3.8, 4) is 0 Å². The Hall–Kier alpha value is -3.66. The number of rotatable bonds is 6. The van der Waals surface area contributed by atoms with Gasteiger partial charge in [0.05, 0.1) is 5.69 Å². The molecule has 0 aliphatic carbocycles. The van der Waals surface area contributed by atoms with Crippen LogP contribution in [0.15, 0.2) is 64.0 Å². The van der Waals surface area contributed by atoms with Gasteiger partial charge in [0.1, 0.15) is 10.7 Å². The van der Waals surface area contributed by atoms with Crippen LogP contribution in [0.25, 0.3) is 0 Å². The molecule has 0 saturated carbocycles. The van der Waals surface area contributed by atoms with Gasteiger partial charge in [-0.25, -0.2) is 8.42 Å². The molecule has 1 aromatic heterocycles. The first kappa shape index (κ1) is 23.0. The molecule has 0 bridgehead atoms. The second-order valence-corrected chi connectivity index (χ2v) is 9.81. The molecule has 9 nitrogen and oxygen atoms in total. The molecular formula is C22H24N4O5S. The number of benzene rings is 2. The summed E-state index contributed by atoms with van der Waals surface area (Å²) in [6, 6.07) is 13.7. The number of hydrogen-bond donors (Lipinski definition) is 3. The van der Waals surface area contributed by atoms with Crippen LogP contribution in [-0.2, 0) is 14.8 Å². The van der Waals surface area contributed by atoms with Gasteiger partial charge in [0.2, 0.25) is 5.91 Å². The number of para-hydroxylation sites is 1. The first-order valence-corrected chi connectivity index (χ1v) is 11.2. The molecule has 3 N–H and O–H groups in total. The van der Waals surface area contributed by atoms with Crippen molar-refractivity contribution < 1.29 is 22.5 Å². The molecule has 3 aromatic rings. The van der Waals surface area contributed by atoms with Crippen molar-refractivity contribution in [2.24, 2.45) is 5.41 Å².